The number of hydrogen-bond acceptors (Lipinski definition) is 2. The van der Waals surface area contributed by atoms with Crippen molar-refractivity contribution in [3.05, 3.63) is 29.8 Å². The third kappa shape index (κ3) is 4.68. The topological polar surface area (TPSA) is 38.0 Å². The monoisotopic (exact) mass is 182 g/mol. The van der Waals surface area contributed by atoms with Crippen molar-refractivity contribution in [2.45, 2.75) is 6.92 Å². The van der Waals surface area contributed by atoms with Crippen LogP contribution in [-0.4, -0.2) is 12.5 Å². The molecule has 0 radical (unpaired) electrons. The Kier molecular flexibility index (Phi) is 6.01. The minimum Gasteiger partial charge on any atom is -0.396 e. The molecule has 2 nitrogen and oxygen atoms in total. The summed E-state index contributed by atoms with van der Waals surface area (Å²) >= 11 is 4.05. The summed E-state index contributed by atoms with van der Waals surface area (Å²) in [6, 6.07) is 8.29. The molecule has 0 aromatic heterocycles. The summed E-state index contributed by atoms with van der Waals surface area (Å²) in [5.41, 5.74) is 8.09. The Labute approximate surface area is 78.8 Å². The average Bonchev–Trinajstić information content (AvgIpc) is 2.06. The van der Waals surface area contributed by atoms with Crippen LogP contribution in [0.15, 0.2) is 24.3 Å². The molecule has 0 aliphatic rings. The zero-order chi connectivity index (χ0) is 9.40. The van der Waals surface area contributed by atoms with Crippen molar-refractivity contribution in [3.8, 4) is 0 Å². The molecule has 0 amide bonds. The van der Waals surface area contributed by atoms with Crippen molar-refractivity contribution in [2.75, 3.05) is 12.4 Å². The maximum absolute atomic E-state index is 4.54. The normalized spacial score (nSPS) is 7.83. The summed E-state index contributed by atoms with van der Waals surface area (Å²) in [7, 11) is 1.93. The third-order valence-corrected chi connectivity index (χ3v) is 1.31. The van der Waals surface area contributed by atoms with Crippen LogP contribution < -0.4 is 11.1 Å². The lowest BCUT2D eigenvalue weighted by Gasteiger charge is -1.98. The van der Waals surface area contributed by atoms with Gasteiger partial charge in [0.1, 0.15) is 0 Å². The molecule has 12 heavy (non-hydrogen) atoms. The lowest BCUT2D eigenvalue weighted by molar-refractivity contribution is 1.43. The summed E-state index contributed by atoms with van der Waals surface area (Å²) in [5.74, 6) is 0. The van der Waals surface area contributed by atoms with Gasteiger partial charge in [0.2, 0.25) is 0 Å². The molecule has 0 aliphatic heterocycles. The fourth-order valence-corrected chi connectivity index (χ4v) is 0.801. The minimum absolute atomic E-state index is 1.08. The van der Waals surface area contributed by atoms with Gasteiger partial charge in [0.05, 0.1) is 5.49 Å². The highest BCUT2D eigenvalue weighted by molar-refractivity contribution is 7.78. The van der Waals surface area contributed by atoms with E-state index >= 15 is 0 Å². The maximum Gasteiger partial charge on any atom is 0.0588 e. The second-order valence-electron chi connectivity index (χ2n) is 2.26. The first-order chi connectivity index (χ1) is 5.74. The van der Waals surface area contributed by atoms with Crippen molar-refractivity contribution < 1.29 is 0 Å². The maximum atomic E-state index is 4.54. The summed E-state index contributed by atoms with van der Waals surface area (Å²) in [6.07, 6.45) is 0. The van der Waals surface area contributed by atoms with Gasteiger partial charge >= 0.3 is 0 Å². The molecule has 0 aliphatic carbocycles. The fraction of sp³-hybridized carbons (Fsp3) is 0.222. The van der Waals surface area contributed by atoms with E-state index in [1.54, 1.807) is 0 Å². The molecule has 1 rings (SSSR count). The molecule has 0 saturated heterocycles. The molecular formula is C9H14N2S. The number of nitrogens with one attached hydrogen (secondary N) is 1. The highest BCUT2D eigenvalue weighted by atomic mass is 32.1. The van der Waals surface area contributed by atoms with E-state index in [4.69, 9.17) is 0 Å². The number of anilines is 1. The lowest BCUT2D eigenvalue weighted by Crippen LogP contribution is -1.86. The zero-order valence-electron chi connectivity index (χ0n) is 7.37. The molecule has 66 valence electrons. The molecule has 0 bridgehead atoms. The first-order valence-corrected chi connectivity index (χ1v) is 4.11. The van der Waals surface area contributed by atoms with E-state index in [-0.39, 0.29) is 0 Å². The molecule has 3 N–H and O–H groups in total. The van der Waals surface area contributed by atoms with Crippen LogP contribution in [-0.2, 0) is 0 Å². The van der Waals surface area contributed by atoms with Gasteiger partial charge in [-0.1, -0.05) is 24.4 Å². The van der Waals surface area contributed by atoms with E-state index in [9.17, 15) is 0 Å². The molecule has 3 heteroatoms. The van der Waals surface area contributed by atoms with Crippen molar-refractivity contribution in [1.82, 2.24) is 0 Å². The highest BCUT2D eigenvalue weighted by Gasteiger charge is 1.84. The summed E-state index contributed by atoms with van der Waals surface area (Å²) < 4.78 is 0. The number of rotatable bonds is 1. The fourth-order valence-electron chi connectivity index (χ4n) is 0.801. The Morgan fingerprint density at radius 3 is 2.42 bits per heavy atom. The predicted molar refractivity (Wildman–Crippen MR) is 58.6 cm³/mol. The van der Waals surface area contributed by atoms with Gasteiger partial charge in [0, 0.05) is 12.7 Å². The number of hydrogen-bond donors (Lipinski definition) is 2. The van der Waals surface area contributed by atoms with Crippen molar-refractivity contribution in [2.24, 2.45) is 5.73 Å². The van der Waals surface area contributed by atoms with E-state index in [1.165, 1.54) is 11.3 Å². The van der Waals surface area contributed by atoms with Gasteiger partial charge in [-0.3, -0.25) is 0 Å². The van der Waals surface area contributed by atoms with E-state index in [0.717, 1.165) is 5.49 Å². The number of thiocarbonyl (C=S) groups is 1. The summed E-state index contributed by atoms with van der Waals surface area (Å²) in [4.78, 5) is 0. The molecule has 0 saturated carbocycles. The smallest absolute Gasteiger partial charge is 0.0588 e. The Balaban J connectivity index is 0.000000354. The molecule has 0 unspecified atom stereocenters. The Morgan fingerprint density at radius 1 is 1.50 bits per heavy atom. The van der Waals surface area contributed by atoms with E-state index in [1.807, 2.05) is 19.2 Å². The Bertz CT molecular complexity index is 236. The molecule has 1 aromatic carbocycles. The standard InChI is InChI=1S/C8H11N.CH3NS/c1-7-4-3-5-8(6-7)9-2;2-1-3/h3-6,9H,1-2H3;1H,(H2,2,3). The van der Waals surface area contributed by atoms with Crippen molar-refractivity contribution >= 4 is 23.4 Å². The Morgan fingerprint density at radius 2 is 2.08 bits per heavy atom. The molecule has 0 spiro atoms. The summed E-state index contributed by atoms with van der Waals surface area (Å²) in [5, 5.41) is 3.07. The zero-order valence-corrected chi connectivity index (χ0v) is 8.19. The number of nitrogens with two attached hydrogens (primary N) is 1. The van der Waals surface area contributed by atoms with Crippen molar-refractivity contribution in [3.63, 3.8) is 0 Å². The van der Waals surface area contributed by atoms with Gasteiger partial charge in [-0.25, -0.2) is 0 Å². The molecular weight excluding hydrogens is 168 g/mol. The quantitative estimate of drug-likeness (QED) is 0.652. The van der Waals surface area contributed by atoms with Gasteiger partial charge < -0.3 is 11.1 Å². The van der Waals surface area contributed by atoms with Crippen molar-refractivity contribution in [1.29, 1.82) is 0 Å². The molecule has 0 atom stereocenters. The largest absolute Gasteiger partial charge is 0.396 e. The second-order valence-corrected chi connectivity index (χ2v) is 2.53. The van der Waals surface area contributed by atoms with Crippen LogP contribution >= 0.6 is 12.2 Å². The van der Waals surface area contributed by atoms with Crippen LogP contribution in [0, 0.1) is 6.92 Å². The highest BCUT2D eigenvalue weighted by Crippen LogP contribution is 2.07. The van der Waals surface area contributed by atoms with Crippen LogP contribution in [0.3, 0.4) is 0 Å². The van der Waals surface area contributed by atoms with Gasteiger partial charge in [0.25, 0.3) is 0 Å². The van der Waals surface area contributed by atoms with Crippen LogP contribution in [0.5, 0.6) is 0 Å². The number of aryl methyl sites for hydroxylation is 1. The van der Waals surface area contributed by atoms with Gasteiger partial charge in [0.15, 0.2) is 0 Å². The van der Waals surface area contributed by atoms with Gasteiger partial charge in [-0.05, 0) is 24.6 Å². The predicted octanol–water partition coefficient (Wildman–Crippen LogP) is 1.94. The van der Waals surface area contributed by atoms with Gasteiger partial charge in [-0.2, -0.15) is 0 Å². The SMILES string of the molecule is CNc1cccc(C)c1.NC=S. The Hall–Kier alpha value is -1.09. The van der Waals surface area contributed by atoms with E-state index in [2.05, 4.69) is 42.3 Å². The first kappa shape index (κ1) is 10.9. The molecule has 0 heterocycles. The average molecular weight is 182 g/mol. The lowest BCUT2D eigenvalue weighted by atomic mass is 10.2. The minimum atomic E-state index is 1.08. The molecule has 1 aromatic rings. The van der Waals surface area contributed by atoms with E-state index < -0.39 is 0 Å². The van der Waals surface area contributed by atoms with Crippen LogP contribution in [0.4, 0.5) is 5.69 Å². The third-order valence-electron chi connectivity index (χ3n) is 1.31. The van der Waals surface area contributed by atoms with Crippen LogP contribution in [0.1, 0.15) is 5.56 Å². The van der Waals surface area contributed by atoms with Crippen LogP contribution in [0.25, 0.3) is 0 Å². The second kappa shape index (κ2) is 6.61. The van der Waals surface area contributed by atoms with Gasteiger partial charge in [-0.15, -0.1) is 0 Å². The van der Waals surface area contributed by atoms with E-state index in [0.29, 0.717) is 0 Å². The van der Waals surface area contributed by atoms with Crippen LogP contribution in [0.2, 0.25) is 0 Å². The number of benzene rings is 1. The summed E-state index contributed by atoms with van der Waals surface area (Å²) in [6.45, 7) is 2.08. The molecule has 0 fully saturated rings. The first-order valence-electron chi connectivity index (χ1n) is 3.64.